The van der Waals surface area contributed by atoms with Crippen LogP contribution in [0.1, 0.15) is 43.4 Å². The Morgan fingerprint density at radius 1 is 1.09 bits per heavy atom. The second kappa shape index (κ2) is 11.2. The highest BCUT2D eigenvalue weighted by molar-refractivity contribution is 7.89. The summed E-state index contributed by atoms with van der Waals surface area (Å²) in [6, 6.07) is 15.9. The van der Waals surface area contributed by atoms with Gasteiger partial charge in [-0.05, 0) is 55.4 Å². The minimum Gasteiger partial charge on any atom is -0.368 e. The van der Waals surface area contributed by atoms with E-state index in [1.165, 1.54) is 16.7 Å². The molecule has 2 aliphatic heterocycles. The number of aliphatic imine (C=N–C) groups is 1. The second-order valence-electron chi connectivity index (χ2n) is 9.73. The molecule has 0 amide bonds. The van der Waals surface area contributed by atoms with Gasteiger partial charge in [-0.15, -0.1) is 12.4 Å². The number of benzene rings is 2. The maximum absolute atomic E-state index is 13.3. The highest BCUT2D eigenvalue weighted by Gasteiger charge is 2.43. The predicted molar refractivity (Wildman–Crippen MR) is 141 cm³/mol. The van der Waals surface area contributed by atoms with Crippen molar-refractivity contribution in [2.75, 3.05) is 26.2 Å². The molecule has 1 saturated heterocycles. The van der Waals surface area contributed by atoms with E-state index in [0.29, 0.717) is 43.3 Å². The minimum absolute atomic E-state index is 0. The lowest BCUT2D eigenvalue weighted by atomic mass is 9.85. The number of hydrogen-bond acceptors (Lipinski definition) is 5. The van der Waals surface area contributed by atoms with Crippen LogP contribution in [0.25, 0.3) is 0 Å². The standard InChI is InChI=1S/C26H36N4O2S.ClH/c1-20(2)17-22-7-9-24(10-8-22)33(31,32)30-15-11-26(12-16-30)25(27-13-14-29-26)28-19-23-6-4-5-21(3)18-23;/h4-10,18,20,29H,11-17,19H2,1-3H3,(H,27,28);1H. The highest BCUT2D eigenvalue weighted by Crippen LogP contribution is 2.29. The van der Waals surface area contributed by atoms with Crippen molar-refractivity contribution in [2.45, 2.75) is 57.0 Å². The summed E-state index contributed by atoms with van der Waals surface area (Å²) in [5.41, 5.74) is 3.35. The first-order valence-corrected chi connectivity index (χ1v) is 13.4. The smallest absolute Gasteiger partial charge is 0.243 e. The topological polar surface area (TPSA) is 73.8 Å². The third-order valence-electron chi connectivity index (χ3n) is 6.62. The summed E-state index contributed by atoms with van der Waals surface area (Å²) < 4.78 is 28.2. The number of sulfonamides is 1. The molecule has 4 rings (SSSR count). The molecule has 6 nitrogen and oxygen atoms in total. The minimum atomic E-state index is -3.49. The van der Waals surface area contributed by atoms with Gasteiger partial charge >= 0.3 is 0 Å². The molecule has 1 spiro atoms. The summed E-state index contributed by atoms with van der Waals surface area (Å²) in [5.74, 6) is 1.51. The largest absolute Gasteiger partial charge is 0.368 e. The van der Waals surface area contributed by atoms with Crippen molar-refractivity contribution >= 4 is 28.3 Å². The van der Waals surface area contributed by atoms with Gasteiger partial charge in [-0.1, -0.05) is 55.8 Å². The van der Waals surface area contributed by atoms with Crippen LogP contribution in [0, 0.1) is 12.8 Å². The van der Waals surface area contributed by atoms with Crippen LogP contribution in [0.4, 0.5) is 0 Å². The maximum atomic E-state index is 13.3. The SMILES string of the molecule is Cc1cccc(CNC2=NCCNC23CCN(S(=O)(=O)c2ccc(CC(C)C)cc2)CC3)c1.Cl. The fourth-order valence-electron chi connectivity index (χ4n) is 4.87. The molecule has 0 aliphatic carbocycles. The van der Waals surface area contributed by atoms with Crippen LogP contribution < -0.4 is 10.6 Å². The first kappa shape index (κ1) is 26.7. The number of hydrogen-bond donors (Lipinski definition) is 2. The van der Waals surface area contributed by atoms with Gasteiger partial charge in [0.1, 0.15) is 5.84 Å². The van der Waals surface area contributed by atoms with Crippen LogP contribution in [0.3, 0.4) is 0 Å². The predicted octanol–water partition coefficient (Wildman–Crippen LogP) is 3.93. The van der Waals surface area contributed by atoms with E-state index in [1.807, 2.05) is 12.1 Å². The van der Waals surface area contributed by atoms with Crippen LogP contribution >= 0.6 is 12.4 Å². The van der Waals surface area contributed by atoms with E-state index in [9.17, 15) is 8.42 Å². The Morgan fingerprint density at radius 2 is 1.79 bits per heavy atom. The maximum Gasteiger partial charge on any atom is 0.243 e. The zero-order chi connectivity index (χ0) is 23.5. The lowest BCUT2D eigenvalue weighted by Gasteiger charge is -2.44. The number of halogens is 1. The average molecular weight is 505 g/mol. The molecule has 8 heteroatoms. The number of aryl methyl sites for hydroxylation is 1. The Morgan fingerprint density at radius 3 is 2.44 bits per heavy atom. The number of nitrogens with one attached hydrogen (secondary N) is 2. The van der Waals surface area contributed by atoms with Gasteiger partial charge in [0.2, 0.25) is 10.0 Å². The van der Waals surface area contributed by atoms with Crippen LogP contribution in [0.5, 0.6) is 0 Å². The Hall–Kier alpha value is -1.93. The number of amidine groups is 1. The summed E-state index contributed by atoms with van der Waals surface area (Å²) in [5, 5.41) is 7.21. The van der Waals surface area contributed by atoms with Gasteiger partial charge in [-0.3, -0.25) is 4.99 Å². The molecule has 2 N–H and O–H groups in total. The van der Waals surface area contributed by atoms with E-state index < -0.39 is 10.0 Å². The molecule has 34 heavy (non-hydrogen) atoms. The first-order chi connectivity index (χ1) is 15.8. The molecule has 0 unspecified atom stereocenters. The van der Waals surface area contributed by atoms with Crippen LogP contribution in [0.15, 0.2) is 58.4 Å². The Labute approximate surface area is 210 Å². The molecule has 0 saturated carbocycles. The molecule has 2 aliphatic rings. The van der Waals surface area contributed by atoms with E-state index in [1.54, 1.807) is 16.4 Å². The molecule has 0 bridgehead atoms. The van der Waals surface area contributed by atoms with Crippen molar-refractivity contribution in [2.24, 2.45) is 10.9 Å². The van der Waals surface area contributed by atoms with Gasteiger partial charge in [-0.25, -0.2) is 8.42 Å². The van der Waals surface area contributed by atoms with E-state index >= 15 is 0 Å². The zero-order valence-electron chi connectivity index (χ0n) is 20.4. The molecular weight excluding hydrogens is 468 g/mol. The van der Waals surface area contributed by atoms with Crippen LogP contribution in [-0.2, 0) is 23.0 Å². The lowest BCUT2D eigenvalue weighted by Crippen LogP contribution is -2.64. The Kier molecular flexibility index (Phi) is 8.79. The van der Waals surface area contributed by atoms with Gasteiger partial charge in [0.15, 0.2) is 0 Å². The van der Waals surface area contributed by atoms with Gasteiger partial charge in [0, 0.05) is 26.2 Å². The van der Waals surface area contributed by atoms with Gasteiger partial charge in [-0.2, -0.15) is 4.31 Å². The van der Waals surface area contributed by atoms with Crippen molar-refractivity contribution in [3.63, 3.8) is 0 Å². The van der Waals surface area contributed by atoms with Crippen molar-refractivity contribution in [3.8, 4) is 0 Å². The van der Waals surface area contributed by atoms with Crippen molar-refractivity contribution < 1.29 is 8.42 Å². The molecule has 0 aromatic heterocycles. The fourth-order valence-corrected chi connectivity index (χ4v) is 6.31. The van der Waals surface area contributed by atoms with Crippen LogP contribution in [-0.4, -0.2) is 50.3 Å². The molecule has 0 atom stereocenters. The number of rotatable bonds is 6. The van der Waals surface area contributed by atoms with Crippen molar-refractivity contribution in [3.05, 3.63) is 65.2 Å². The van der Waals surface area contributed by atoms with Crippen LogP contribution in [0.2, 0.25) is 0 Å². The van der Waals surface area contributed by atoms with Gasteiger partial charge < -0.3 is 10.6 Å². The summed E-state index contributed by atoms with van der Waals surface area (Å²) in [6.07, 6.45) is 2.37. The highest BCUT2D eigenvalue weighted by atomic mass is 35.5. The molecule has 2 aromatic carbocycles. The van der Waals surface area contributed by atoms with Crippen molar-refractivity contribution in [1.29, 1.82) is 0 Å². The fraction of sp³-hybridized carbons (Fsp3) is 0.500. The van der Waals surface area contributed by atoms with E-state index in [4.69, 9.17) is 4.99 Å². The Balaban J connectivity index is 0.00000324. The summed E-state index contributed by atoms with van der Waals surface area (Å²) >= 11 is 0. The van der Waals surface area contributed by atoms with Gasteiger partial charge in [0.25, 0.3) is 0 Å². The summed E-state index contributed by atoms with van der Waals surface area (Å²) in [6.45, 7) is 9.67. The molecule has 2 aromatic rings. The molecule has 0 radical (unpaired) electrons. The quantitative estimate of drug-likeness (QED) is 0.625. The first-order valence-electron chi connectivity index (χ1n) is 12.0. The average Bonchev–Trinajstić information content (AvgIpc) is 2.79. The van der Waals surface area contributed by atoms with Gasteiger partial charge in [0.05, 0.1) is 17.0 Å². The normalized spacial score (nSPS) is 18.4. The molecule has 186 valence electrons. The zero-order valence-corrected chi connectivity index (χ0v) is 22.0. The lowest BCUT2D eigenvalue weighted by molar-refractivity contribution is 0.241. The molecular formula is C26H37ClN4O2S. The monoisotopic (exact) mass is 504 g/mol. The third-order valence-corrected chi connectivity index (χ3v) is 8.53. The molecule has 1 fully saturated rings. The molecule has 2 heterocycles. The van der Waals surface area contributed by atoms with E-state index in [2.05, 4.69) is 55.7 Å². The second-order valence-corrected chi connectivity index (χ2v) is 11.7. The van der Waals surface area contributed by atoms with Crippen molar-refractivity contribution in [1.82, 2.24) is 14.9 Å². The number of piperidine rings is 1. The van der Waals surface area contributed by atoms with E-state index in [0.717, 1.165) is 25.3 Å². The summed E-state index contributed by atoms with van der Waals surface area (Å²) in [4.78, 5) is 5.18. The third kappa shape index (κ3) is 6.00. The number of nitrogens with zero attached hydrogens (tertiary/aromatic N) is 2. The Bertz CT molecular complexity index is 1090. The van der Waals surface area contributed by atoms with E-state index in [-0.39, 0.29) is 17.9 Å². The summed E-state index contributed by atoms with van der Waals surface area (Å²) in [7, 11) is -3.49.